The predicted molar refractivity (Wildman–Crippen MR) is 57.2 cm³/mol. The lowest BCUT2D eigenvalue weighted by Gasteiger charge is -2.19. The van der Waals surface area contributed by atoms with E-state index in [1.54, 1.807) is 13.0 Å². The molecule has 16 heavy (non-hydrogen) atoms. The van der Waals surface area contributed by atoms with Crippen LogP contribution in [0.1, 0.15) is 31.9 Å². The lowest BCUT2D eigenvalue weighted by Crippen LogP contribution is -2.22. The van der Waals surface area contributed by atoms with E-state index in [1.807, 2.05) is 0 Å². The molecule has 0 unspecified atom stereocenters. The second-order valence-electron chi connectivity index (χ2n) is 3.51. The summed E-state index contributed by atoms with van der Waals surface area (Å²) in [7, 11) is 0. The van der Waals surface area contributed by atoms with Crippen LogP contribution in [0.3, 0.4) is 0 Å². The highest BCUT2D eigenvalue weighted by atomic mass is 19.1. The average Bonchev–Trinajstić information content (AvgIpc) is 2.28. The number of aliphatic hydroxyl groups excluding tert-OH is 1. The molecule has 0 saturated carbocycles. The van der Waals surface area contributed by atoms with Crippen molar-refractivity contribution in [2.24, 2.45) is 0 Å². The fourth-order valence-electron chi connectivity index (χ4n) is 1.32. The van der Waals surface area contributed by atoms with E-state index in [0.717, 1.165) is 0 Å². The van der Waals surface area contributed by atoms with Crippen LogP contribution in [-0.2, 0) is 9.53 Å². The minimum absolute atomic E-state index is 0.138. The van der Waals surface area contributed by atoms with Gasteiger partial charge in [-0.2, -0.15) is 0 Å². The number of aliphatic hydroxyl groups is 1. The molecule has 0 aliphatic carbocycles. The van der Waals surface area contributed by atoms with E-state index in [2.05, 4.69) is 0 Å². The number of ether oxygens (including phenoxy) is 1. The standard InChI is InChI=1S/C12H15FO3/c1-3-11(14)16-8(2)12(15)9-6-4-5-7-10(9)13/h4-8,12,15H,3H2,1-2H3/t8-,12+/m0/s1. The van der Waals surface area contributed by atoms with Gasteiger partial charge >= 0.3 is 5.97 Å². The molecule has 0 amide bonds. The molecule has 0 aliphatic heterocycles. The molecule has 0 spiro atoms. The summed E-state index contributed by atoms with van der Waals surface area (Å²) in [6.07, 6.45) is -1.67. The molecule has 0 radical (unpaired) electrons. The van der Waals surface area contributed by atoms with Gasteiger partial charge in [-0.1, -0.05) is 25.1 Å². The van der Waals surface area contributed by atoms with Crippen molar-refractivity contribution in [2.75, 3.05) is 0 Å². The third kappa shape index (κ3) is 3.03. The Labute approximate surface area is 93.9 Å². The van der Waals surface area contributed by atoms with Crippen molar-refractivity contribution in [1.82, 2.24) is 0 Å². The van der Waals surface area contributed by atoms with Crippen molar-refractivity contribution in [3.05, 3.63) is 35.6 Å². The lowest BCUT2D eigenvalue weighted by molar-refractivity contribution is -0.153. The van der Waals surface area contributed by atoms with E-state index in [9.17, 15) is 14.3 Å². The zero-order chi connectivity index (χ0) is 12.1. The van der Waals surface area contributed by atoms with Gasteiger partial charge in [0, 0.05) is 12.0 Å². The van der Waals surface area contributed by atoms with Crippen LogP contribution in [0, 0.1) is 5.82 Å². The van der Waals surface area contributed by atoms with Crippen LogP contribution in [0.5, 0.6) is 0 Å². The molecular weight excluding hydrogens is 211 g/mol. The maximum Gasteiger partial charge on any atom is 0.305 e. The van der Waals surface area contributed by atoms with Crippen molar-refractivity contribution in [1.29, 1.82) is 0 Å². The molecule has 0 aromatic heterocycles. The summed E-state index contributed by atoms with van der Waals surface area (Å²) in [5, 5.41) is 9.80. The number of halogens is 1. The number of benzene rings is 1. The highest BCUT2D eigenvalue weighted by Crippen LogP contribution is 2.21. The van der Waals surface area contributed by atoms with Gasteiger partial charge in [0.1, 0.15) is 18.0 Å². The molecule has 1 rings (SSSR count). The predicted octanol–water partition coefficient (Wildman–Crippen LogP) is 2.20. The van der Waals surface area contributed by atoms with Crippen LogP contribution in [0.25, 0.3) is 0 Å². The number of carbonyl (C=O) groups excluding carboxylic acids is 1. The largest absolute Gasteiger partial charge is 0.460 e. The molecule has 2 atom stereocenters. The van der Waals surface area contributed by atoms with Gasteiger partial charge in [0.2, 0.25) is 0 Å². The van der Waals surface area contributed by atoms with E-state index >= 15 is 0 Å². The van der Waals surface area contributed by atoms with E-state index in [1.165, 1.54) is 25.1 Å². The molecule has 0 saturated heterocycles. The Balaban J connectivity index is 2.74. The number of rotatable bonds is 4. The first kappa shape index (κ1) is 12.6. The molecule has 1 N–H and O–H groups in total. The Hall–Kier alpha value is -1.42. The first-order valence-corrected chi connectivity index (χ1v) is 5.18. The van der Waals surface area contributed by atoms with Gasteiger partial charge in [-0.15, -0.1) is 0 Å². The summed E-state index contributed by atoms with van der Waals surface area (Å²) in [4.78, 5) is 11.0. The number of hydrogen-bond acceptors (Lipinski definition) is 3. The van der Waals surface area contributed by atoms with Gasteiger partial charge in [0.15, 0.2) is 0 Å². The van der Waals surface area contributed by atoms with E-state index in [4.69, 9.17) is 4.74 Å². The Bertz CT molecular complexity index is 365. The van der Waals surface area contributed by atoms with Crippen molar-refractivity contribution >= 4 is 5.97 Å². The fourth-order valence-corrected chi connectivity index (χ4v) is 1.32. The summed E-state index contributed by atoms with van der Waals surface area (Å²) in [6.45, 7) is 3.19. The normalized spacial score (nSPS) is 14.2. The monoisotopic (exact) mass is 226 g/mol. The van der Waals surface area contributed by atoms with Crippen LogP contribution in [0.4, 0.5) is 4.39 Å². The second-order valence-corrected chi connectivity index (χ2v) is 3.51. The van der Waals surface area contributed by atoms with Crippen LogP contribution < -0.4 is 0 Å². The molecule has 0 bridgehead atoms. The molecule has 88 valence electrons. The molecule has 1 aromatic rings. The molecule has 0 fully saturated rings. The van der Waals surface area contributed by atoms with Crippen LogP contribution in [-0.4, -0.2) is 17.2 Å². The summed E-state index contributed by atoms with van der Waals surface area (Å²) in [6, 6.07) is 5.88. The quantitative estimate of drug-likeness (QED) is 0.800. The minimum atomic E-state index is -1.14. The number of carbonyl (C=O) groups is 1. The first-order chi connectivity index (χ1) is 7.56. The Morgan fingerprint density at radius 2 is 2.12 bits per heavy atom. The van der Waals surface area contributed by atoms with Gasteiger partial charge in [-0.25, -0.2) is 4.39 Å². The zero-order valence-corrected chi connectivity index (χ0v) is 9.31. The van der Waals surface area contributed by atoms with Gasteiger partial charge in [0.25, 0.3) is 0 Å². The topological polar surface area (TPSA) is 46.5 Å². The third-order valence-electron chi connectivity index (χ3n) is 2.27. The summed E-state index contributed by atoms with van der Waals surface area (Å²) >= 11 is 0. The average molecular weight is 226 g/mol. The second kappa shape index (κ2) is 5.61. The number of esters is 1. The van der Waals surface area contributed by atoms with Gasteiger partial charge in [-0.05, 0) is 13.0 Å². The minimum Gasteiger partial charge on any atom is -0.460 e. The van der Waals surface area contributed by atoms with Gasteiger partial charge in [-0.3, -0.25) is 4.79 Å². The Kier molecular flexibility index (Phi) is 4.43. The van der Waals surface area contributed by atoms with Crippen molar-refractivity contribution in [3.63, 3.8) is 0 Å². The molecule has 1 aromatic carbocycles. The Morgan fingerprint density at radius 3 is 2.69 bits per heavy atom. The van der Waals surface area contributed by atoms with Gasteiger partial charge in [0.05, 0.1) is 0 Å². The summed E-state index contributed by atoms with van der Waals surface area (Å²) in [5.41, 5.74) is 0.138. The third-order valence-corrected chi connectivity index (χ3v) is 2.27. The highest BCUT2D eigenvalue weighted by Gasteiger charge is 2.22. The van der Waals surface area contributed by atoms with E-state index < -0.39 is 24.0 Å². The fraction of sp³-hybridized carbons (Fsp3) is 0.417. The first-order valence-electron chi connectivity index (χ1n) is 5.18. The zero-order valence-electron chi connectivity index (χ0n) is 9.31. The molecular formula is C12H15FO3. The van der Waals surface area contributed by atoms with E-state index in [0.29, 0.717) is 0 Å². The van der Waals surface area contributed by atoms with Crippen LogP contribution in [0.2, 0.25) is 0 Å². The maximum atomic E-state index is 13.3. The van der Waals surface area contributed by atoms with Crippen LogP contribution >= 0.6 is 0 Å². The summed E-state index contributed by atoms with van der Waals surface area (Å²) < 4.78 is 18.2. The van der Waals surface area contributed by atoms with Crippen LogP contribution in [0.15, 0.2) is 24.3 Å². The van der Waals surface area contributed by atoms with Crippen molar-refractivity contribution in [2.45, 2.75) is 32.5 Å². The maximum absolute atomic E-state index is 13.3. The lowest BCUT2D eigenvalue weighted by atomic mass is 10.0. The summed E-state index contributed by atoms with van der Waals surface area (Å²) in [5.74, 6) is -0.919. The Morgan fingerprint density at radius 1 is 1.50 bits per heavy atom. The highest BCUT2D eigenvalue weighted by molar-refractivity contribution is 5.69. The molecule has 0 aliphatic rings. The molecule has 3 nitrogen and oxygen atoms in total. The number of hydrogen-bond donors (Lipinski definition) is 1. The SMILES string of the molecule is CCC(=O)O[C@@H](C)[C@@H](O)c1ccccc1F. The van der Waals surface area contributed by atoms with E-state index in [-0.39, 0.29) is 12.0 Å². The smallest absolute Gasteiger partial charge is 0.305 e. The van der Waals surface area contributed by atoms with Crippen molar-refractivity contribution in [3.8, 4) is 0 Å². The molecule has 4 heteroatoms. The molecule has 0 heterocycles. The van der Waals surface area contributed by atoms with Gasteiger partial charge < -0.3 is 9.84 Å². The van der Waals surface area contributed by atoms with Crippen molar-refractivity contribution < 1.29 is 19.0 Å².